The molecule has 37 heavy (non-hydrogen) atoms. The van der Waals surface area contributed by atoms with Gasteiger partial charge in [0.05, 0.1) is 19.7 Å². The van der Waals surface area contributed by atoms with Gasteiger partial charge in [0.2, 0.25) is 0 Å². The Labute approximate surface area is 226 Å². The molecule has 1 aromatic heterocycles. The minimum atomic E-state index is -0.0276. The third kappa shape index (κ3) is 4.49. The van der Waals surface area contributed by atoms with Gasteiger partial charge in [-0.2, -0.15) is 0 Å². The lowest BCUT2D eigenvalue weighted by atomic mass is 9.85. The highest BCUT2D eigenvalue weighted by atomic mass is 79.9. The number of fused-ring (bicyclic) bond motifs is 6. The van der Waals surface area contributed by atoms with E-state index in [1.54, 1.807) is 14.2 Å². The molecule has 0 radical (unpaired) electrons. The van der Waals surface area contributed by atoms with Crippen LogP contribution in [0.2, 0.25) is 0 Å². The molecule has 0 spiro atoms. The Morgan fingerprint density at radius 2 is 1.81 bits per heavy atom. The molecule has 0 amide bonds. The Balaban J connectivity index is 0.00000280. The van der Waals surface area contributed by atoms with E-state index in [2.05, 4.69) is 51.2 Å². The number of benzene rings is 3. The number of hydrogen-bond acceptors (Lipinski definition) is 5. The normalized spacial score (nSPS) is 16.4. The first kappa shape index (κ1) is 25.6. The van der Waals surface area contributed by atoms with Crippen LogP contribution in [0.25, 0.3) is 10.9 Å². The van der Waals surface area contributed by atoms with Crippen molar-refractivity contribution in [1.29, 1.82) is 0 Å². The Morgan fingerprint density at radius 3 is 2.54 bits per heavy atom. The fourth-order valence-electron chi connectivity index (χ4n) is 5.74. The number of ether oxygens (including phenoxy) is 3. The molecule has 2 aliphatic rings. The third-order valence-electron chi connectivity index (χ3n) is 7.59. The maximum atomic E-state index is 10.2. The van der Waals surface area contributed by atoms with Gasteiger partial charge in [0.15, 0.2) is 11.5 Å². The summed E-state index contributed by atoms with van der Waals surface area (Å²) in [6, 6.07) is 18.9. The highest BCUT2D eigenvalue weighted by Gasteiger charge is 2.36. The molecule has 0 fully saturated rings. The van der Waals surface area contributed by atoms with E-state index in [1.807, 2.05) is 28.8 Å². The Hall–Kier alpha value is -3.00. The predicted molar refractivity (Wildman–Crippen MR) is 149 cm³/mol. The zero-order valence-electron chi connectivity index (χ0n) is 20.5. The molecule has 4 aromatic rings. The van der Waals surface area contributed by atoms with Gasteiger partial charge < -0.3 is 23.9 Å². The summed E-state index contributed by atoms with van der Waals surface area (Å²) >= 11 is 3.48. The second kappa shape index (κ2) is 10.4. The fourth-order valence-corrected chi connectivity index (χ4v) is 6.01. The van der Waals surface area contributed by atoms with Crippen LogP contribution in [0.4, 0.5) is 0 Å². The topological polar surface area (TPSA) is 56.1 Å². The molecule has 0 saturated carbocycles. The largest absolute Gasteiger partial charge is 0.497 e. The van der Waals surface area contributed by atoms with Crippen LogP contribution in [-0.4, -0.2) is 35.3 Å². The molecular weight excluding hydrogens is 532 g/mol. The van der Waals surface area contributed by atoms with E-state index < -0.39 is 0 Å². The Morgan fingerprint density at radius 1 is 1.00 bits per heavy atom. The number of halogens is 1. The molecule has 0 saturated heterocycles. The average Bonchev–Trinajstić information content (AvgIpc) is 3.22. The van der Waals surface area contributed by atoms with Crippen LogP contribution in [0, 0.1) is 0 Å². The van der Waals surface area contributed by atoms with Crippen LogP contribution in [0.1, 0.15) is 41.4 Å². The molecular formula is C30H33BrN2O4. The zero-order chi connectivity index (χ0) is 24.8. The van der Waals surface area contributed by atoms with Crippen molar-refractivity contribution < 1.29 is 19.3 Å². The van der Waals surface area contributed by atoms with E-state index in [4.69, 9.17) is 14.2 Å². The molecule has 3 heterocycles. The smallest absolute Gasteiger partial charge is 0.161 e. The predicted octanol–water partition coefficient (Wildman–Crippen LogP) is 6.24. The third-order valence-corrected chi connectivity index (χ3v) is 8.12. The SMILES string of the molecule is C.COc1ccc2c(c1)c1c(n2CO)CN2CCc3cc(OCc4ccc(Br)cc4)c(OC)cc3C2C1. The lowest BCUT2D eigenvalue weighted by molar-refractivity contribution is 0.145. The summed E-state index contributed by atoms with van der Waals surface area (Å²) in [4.78, 5) is 2.52. The number of aliphatic hydroxyl groups excluding tert-OH is 1. The van der Waals surface area contributed by atoms with Gasteiger partial charge in [-0.25, -0.2) is 0 Å². The summed E-state index contributed by atoms with van der Waals surface area (Å²) < 4.78 is 20.6. The molecule has 6 rings (SSSR count). The van der Waals surface area contributed by atoms with Gasteiger partial charge in [0.25, 0.3) is 0 Å². The van der Waals surface area contributed by atoms with Gasteiger partial charge in [-0.1, -0.05) is 35.5 Å². The second-order valence-electron chi connectivity index (χ2n) is 9.44. The number of nitrogens with zero attached hydrogens (tertiary/aromatic N) is 2. The Kier molecular flexibility index (Phi) is 7.21. The fraction of sp³-hybridized carbons (Fsp3) is 0.333. The van der Waals surface area contributed by atoms with Gasteiger partial charge >= 0.3 is 0 Å². The minimum absolute atomic E-state index is 0. The van der Waals surface area contributed by atoms with Crippen molar-refractivity contribution in [2.75, 3.05) is 20.8 Å². The first-order valence-corrected chi connectivity index (χ1v) is 13.0. The molecule has 1 unspecified atom stereocenters. The van der Waals surface area contributed by atoms with Crippen molar-refractivity contribution in [1.82, 2.24) is 9.47 Å². The van der Waals surface area contributed by atoms with Crippen LogP contribution in [-0.2, 0) is 32.7 Å². The van der Waals surface area contributed by atoms with E-state index in [0.717, 1.165) is 64.1 Å². The van der Waals surface area contributed by atoms with Gasteiger partial charge in [-0.15, -0.1) is 0 Å². The number of methoxy groups -OCH3 is 2. The highest BCUT2D eigenvalue weighted by molar-refractivity contribution is 9.10. The monoisotopic (exact) mass is 564 g/mol. The minimum Gasteiger partial charge on any atom is -0.497 e. The molecule has 0 aliphatic carbocycles. The number of aromatic nitrogens is 1. The lowest BCUT2D eigenvalue weighted by Gasteiger charge is -2.41. The van der Waals surface area contributed by atoms with Crippen molar-refractivity contribution in [2.45, 2.75) is 46.2 Å². The molecule has 194 valence electrons. The first-order chi connectivity index (χ1) is 17.6. The van der Waals surface area contributed by atoms with Crippen molar-refractivity contribution >= 4 is 26.8 Å². The molecule has 1 atom stereocenters. The molecule has 2 aliphatic heterocycles. The lowest BCUT2D eigenvalue weighted by Crippen LogP contribution is -2.39. The van der Waals surface area contributed by atoms with E-state index in [1.165, 1.54) is 22.4 Å². The summed E-state index contributed by atoms with van der Waals surface area (Å²) in [7, 11) is 3.40. The highest BCUT2D eigenvalue weighted by Crippen LogP contribution is 2.45. The van der Waals surface area contributed by atoms with Crippen LogP contribution in [0.5, 0.6) is 17.2 Å². The maximum absolute atomic E-state index is 10.2. The molecule has 3 aromatic carbocycles. The van der Waals surface area contributed by atoms with Crippen LogP contribution < -0.4 is 14.2 Å². The van der Waals surface area contributed by atoms with Crippen LogP contribution >= 0.6 is 15.9 Å². The molecule has 7 heteroatoms. The molecule has 0 bridgehead atoms. The first-order valence-electron chi connectivity index (χ1n) is 12.2. The van der Waals surface area contributed by atoms with Crippen molar-refractivity contribution in [3.8, 4) is 17.2 Å². The number of aliphatic hydroxyl groups is 1. The molecule has 6 nitrogen and oxygen atoms in total. The van der Waals surface area contributed by atoms with E-state index in [-0.39, 0.29) is 20.2 Å². The molecule has 1 N–H and O–H groups in total. The van der Waals surface area contributed by atoms with Crippen LogP contribution in [0.15, 0.2) is 59.1 Å². The van der Waals surface area contributed by atoms with Gasteiger partial charge in [-0.05, 0) is 77.6 Å². The summed E-state index contributed by atoms with van der Waals surface area (Å²) in [5.74, 6) is 2.38. The summed E-state index contributed by atoms with van der Waals surface area (Å²) in [6.07, 6.45) is 1.83. The average molecular weight is 566 g/mol. The second-order valence-corrected chi connectivity index (χ2v) is 10.4. The summed E-state index contributed by atoms with van der Waals surface area (Å²) in [5, 5.41) is 11.3. The van der Waals surface area contributed by atoms with E-state index in [0.29, 0.717) is 6.61 Å². The van der Waals surface area contributed by atoms with Crippen molar-refractivity contribution in [3.05, 3.63) is 87.0 Å². The van der Waals surface area contributed by atoms with Gasteiger partial charge in [0, 0.05) is 34.7 Å². The Bertz CT molecular complexity index is 1430. The van der Waals surface area contributed by atoms with E-state index in [9.17, 15) is 5.11 Å². The van der Waals surface area contributed by atoms with E-state index >= 15 is 0 Å². The van der Waals surface area contributed by atoms with Crippen LogP contribution in [0.3, 0.4) is 0 Å². The standard InChI is InChI=1S/C29H29BrN2O4.CH4/c1-34-21-7-8-25-23(12-21)24-13-26-22-14-28(35-2)29(36-16-18-3-5-20(30)6-4-18)11-19(22)9-10-31(26)15-27(24)32(25)17-33;/h3-8,11-12,14,26,33H,9-10,13,15-17H2,1-2H3;1H4. The van der Waals surface area contributed by atoms with Gasteiger partial charge in [-0.3, -0.25) is 4.90 Å². The summed E-state index contributed by atoms with van der Waals surface area (Å²) in [5.41, 5.74) is 7.27. The zero-order valence-corrected chi connectivity index (χ0v) is 22.0. The quantitative estimate of drug-likeness (QED) is 0.300. The summed E-state index contributed by atoms with van der Waals surface area (Å²) in [6.45, 7) is 2.23. The van der Waals surface area contributed by atoms with Crippen molar-refractivity contribution in [3.63, 3.8) is 0 Å². The maximum Gasteiger partial charge on any atom is 0.161 e. The van der Waals surface area contributed by atoms with Crippen molar-refractivity contribution in [2.24, 2.45) is 0 Å². The number of rotatable bonds is 6. The number of hydrogen-bond donors (Lipinski definition) is 1. The van der Waals surface area contributed by atoms with Gasteiger partial charge in [0.1, 0.15) is 19.1 Å².